The quantitative estimate of drug-likeness (QED) is 0.442. The molecule has 0 N–H and O–H groups in total. The van der Waals surface area contributed by atoms with Crippen LogP contribution in [0.2, 0.25) is 5.02 Å². The van der Waals surface area contributed by atoms with Gasteiger partial charge in [0.25, 0.3) is 0 Å². The van der Waals surface area contributed by atoms with Crippen molar-refractivity contribution in [2.75, 3.05) is 0 Å². The van der Waals surface area contributed by atoms with E-state index >= 15 is 0 Å². The molecule has 140 valence electrons. The van der Waals surface area contributed by atoms with Gasteiger partial charge < -0.3 is 13.9 Å². The SMILES string of the molecule is Cc1cc(Oc2coc3cc(OC(=O)C(C)C)ccc3c2=O)cc(C)c1Cl. The molecule has 0 fully saturated rings. The van der Waals surface area contributed by atoms with Crippen LogP contribution in [0.1, 0.15) is 25.0 Å². The third kappa shape index (κ3) is 3.98. The van der Waals surface area contributed by atoms with Crippen LogP contribution in [0, 0.1) is 19.8 Å². The molecule has 0 saturated heterocycles. The van der Waals surface area contributed by atoms with Crippen LogP contribution in [0.15, 0.2) is 45.8 Å². The van der Waals surface area contributed by atoms with E-state index in [2.05, 4.69) is 0 Å². The third-order valence-electron chi connectivity index (χ3n) is 4.04. The molecule has 0 aliphatic rings. The summed E-state index contributed by atoms with van der Waals surface area (Å²) in [6, 6.07) is 8.13. The number of aryl methyl sites for hydroxylation is 2. The molecule has 3 aromatic rings. The van der Waals surface area contributed by atoms with Crippen LogP contribution >= 0.6 is 11.6 Å². The minimum absolute atomic E-state index is 0.0653. The lowest BCUT2D eigenvalue weighted by atomic mass is 10.1. The van der Waals surface area contributed by atoms with Gasteiger partial charge in [-0.1, -0.05) is 25.4 Å². The molecule has 0 amide bonds. The minimum atomic E-state index is -0.356. The number of hydrogen-bond acceptors (Lipinski definition) is 5. The van der Waals surface area contributed by atoms with E-state index < -0.39 is 0 Å². The van der Waals surface area contributed by atoms with Crippen LogP contribution in [-0.2, 0) is 4.79 Å². The Bertz CT molecular complexity index is 1060. The van der Waals surface area contributed by atoms with E-state index in [1.165, 1.54) is 12.3 Å². The van der Waals surface area contributed by atoms with Gasteiger partial charge in [0, 0.05) is 11.1 Å². The smallest absolute Gasteiger partial charge is 0.313 e. The summed E-state index contributed by atoms with van der Waals surface area (Å²) in [5.74, 6) is 0.279. The zero-order chi connectivity index (χ0) is 19.7. The fourth-order valence-electron chi connectivity index (χ4n) is 2.55. The molecule has 0 spiro atoms. The average molecular weight is 387 g/mol. The van der Waals surface area contributed by atoms with Crippen molar-refractivity contribution in [3.63, 3.8) is 0 Å². The lowest BCUT2D eigenvalue weighted by Gasteiger charge is -2.10. The molecule has 0 bridgehead atoms. The summed E-state index contributed by atoms with van der Waals surface area (Å²) in [6.07, 6.45) is 1.25. The van der Waals surface area contributed by atoms with E-state index in [1.807, 2.05) is 13.8 Å². The van der Waals surface area contributed by atoms with Crippen molar-refractivity contribution in [1.29, 1.82) is 0 Å². The Morgan fingerprint density at radius 3 is 2.37 bits per heavy atom. The Labute approximate surface area is 161 Å². The number of carbonyl (C=O) groups excluding carboxylic acids is 1. The van der Waals surface area contributed by atoms with Crippen LogP contribution in [-0.4, -0.2) is 5.97 Å². The van der Waals surface area contributed by atoms with Gasteiger partial charge in [0.15, 0.2) is 0 Å². The minimum Gasteiger partial charge on any atom is -0.460 e. The van der Waals surface area contributed by atoms with Gasteiger partial charge in [-0.15, -0.1) is 0 Å². The zero-order valence-electron chi connectivity index (χ0n) is 15.5. The van der Waals surface area contributed by atoms with E-state index in [9.17, 15) is 9.59 Å². The Kier molecular flexibility index (Phi) is 5.24. The largest absolute Gasteiger partial charge is 0.460 e. The first kappa shape index (κ1) is 19.0. The number of ether oxygens (including phenoxy) is 2. The number of esters is 1. The number of rotatable bonds is 4. The second-order valence-corrected chi connectivity index (χ2v) is 7.01. The molecule has 6 heteroatoms. The molecule has 0 atom stereocenters. The number of carbonyl (C=O) groups is 1. The summed E-state index contributed by atoms with van der Waals surface area (Å²) in [5, 5.41) is 0.996. The molecule has 1 heterocycles. The highest BCUT2D eigenvalue weighted by Gasteiger charge is 2.14. The topological polar surface area (TPSA) is 65.7 Å². The molecule has 5 nitrogen and oxygen atoms in total. The maximum absolute atomic E-state index is 12.7. The van der Waals surface area contributed by atoms with Crippen molar-refractivity contribution >= 4 is 28.5 Å². The Morgan fingerprint density at radius 2 is 1.74 bits per heavy atom. The van der Waals surface area contributed by atoms with Gasteiger partial charge in [0.2, 0.25) is 11.2 Å². The molecule has 2 aromatic carbocycles. The molecule has 1 aromatic heterocycles. The third-order valence-corrected chi connectivity index (χ3v) is 4.64. The first-order chi connectivity index (χ1) is 12.8. The van der Waals surface area contributed by atoms with Crippen molar-refractivity contribution in [3.05, 3.63) is 63.0 Å². The van der Waals surface area contributed by atoms with Gasteiger partial charge in [0.1, 0.15) is 23.3 Å². The van der Waals surface area contributed by atoms with E-state index in [-0.39, 0.29) is 23.1 Å². The van der Waals surface area contributed by atoms with Crippen molar-refractivity contribution in [2.24, 2.45) is 5.92 Å². The molecule has 27 heavy (non-hydrogen) atoms. The molecule has 0 saturated carbocycles. The second-order valence-electron chi connectivity index (χ2n) is 6.64. The van der Waals surface area contributed by atoms with Gasteiger partial charge in [0.05, 0.1) is 11.3 Å². The predicted molar refractivity (Wildman–Crippen MR) is 104 cm³/mol. The van der Waals surface area contributed by atoms with Gasteiger partial charge >= 0.3 is 5.97 Å². The van der Waals surface area contributed by atoms with Crippen LogP contribution in [0.25, 0.3) is 11.0 Å². The van der Waals surface area contributed by atoms with Crippen molar-refractivity contribution in [2.45, 2.75) is 27.7 Å². The molecular formula is C21H19ClO5. The van der Waals surface area contributed by atoms with Crippen LogP contribution in [0.5, 0.6) is 17.2 Å². The number of benzene rings is 2. The number of halogens is 1. The highest BCUT2D eigenvalue weighted by Crippen LogP contribution is 2.29. The summed E-state index contributed by atoms with van der Waals surface area (Å²) < 4.78 is 16.5. The van der Waals surface area contributed by atoms with Crippen LogP contribution in [0.4, 0.5) is 0 Å². The van der Waals surface area contributed by atoms with Crippen molar-refractivity contribution in [1.82, 2.24) is 0 Å². The highest BCUT2D eigenvalue weighted by molar-refractivity contribution is 6.32. The maximum atomic E-state index is 12.7. The number of hydrogen-bond donors (Lipinski definition) is 0. The summed E-state index contributed by atoms with van der Waals surface area (Å²) in [7, 11) is 0. The second kappa shape index (κ2) is 7.45. The first-order valence-corrected chi connectivity index (χ1v) is 8.86. The number of fused-ring (bicyclic) bond motifs is 1. The lowest BCUT2D eigenvalue weighted by molar-refractivity contribution is -0.137. The standard InChI is InChI=1S/C21H19ClO5/c1-11(2)21(24)27-14-5-6-16-17(9-14)25-10-18(20(16)23)26-15-7-12(3)19(22)13(4)8-15/h5-11H,1-4H3. The Hall–Kier alpha value is -2.79. The van der Waals surface area contributed by atoms with E-state index in [4.69, 9.17) is 25.5 Å². The maximum Gasteiger partial charge on any atom is 0.313 e. The van der Waals surface area contributed by atoms with Crippen molar-refractivity contribution in [3.8, 4) is 17.2 Å². The normalized spacial score (nSPS) is 11.0. The Morgan fingerprint density at radius 1 is 1.07 bits per heavy atom. The Balaban J connectivity index is 1.94. The first-order valence-electron chi connectivity index (χ1n) is 8.48. The van der Waals surface area contributed by atoms with E-state index in [0.717, 1.165) is 11.1 Å². The van der Waals surface area contributed by atoms with Gasteiger partial charge in [-0.2, -0.15) is 0 Å². The van der Waals surface area contributed by atoms with Crippen molar-refractivity contribution < 1.29 is 18.7 Å². The van der Waals surface area contributed by atoms with Gasteiger partial charge in [-0.3, -0.25) is 9.59 Å². The van der Waals surface area contributed by atoms with Crippen LogP contribution < -0.4 is 14.9 Å². The summed E-state index contributed by atoms with van der Waals surface area (Å²) in [5.41, 5.74) is 1.70. The fraction of sp³-hybridized carbons (Fsp3) is 0.238. The summed E-state index contributed by atoms with van der Waals surface area (Å²) in [4.78, 5) is 24.4. The zero-order valence-corrected chi connectivity index (χ0v) is 16.2. The summed E-state index contributed by atoms with van der Waals surface area (Å²) in [6.45, 7) is 7.22. The van der Waals surface area contributed by atoms with E-state index in [1.54, 1.807) is 38.1 Å². The van der Waals surface area contributed by atoms with Gasteiger partial charge in [-0.05, 0) is 49.2 Å². The molecular weight excluding hydrogens is 368 g/mol. The molecule has 0 radical (unpaired) electrons. The van der Waals surface area contributed by atoms with Gasteiger partial charge in [-0.25, -0.2) is 0 Å². The van der Waals surface area contributed by atoms with Crippen LogP contribution in [0.3, 0.4) is 0 Å². The molecule has 0 unspecified atom stereocenters. The average Bonchev–Trinajstić information content (AvgIpc) is 2.62. The molecule has 3 rings (SSSR count). The lowest BCUT2D eigenvalue weighted by Crippen LogP contribution is -2.14. The summed E-state index contributed by atoms with van der Waals surface area (Å²) >= 11 is 6.16. The molecule has 0 aliphatic carbocycles. The fourth-order valence-corrected chi connectivity index (χ4v) is 2.66. The highest BCUT2D eigenvalue weighted by atomic mass is 35.5. The predicted octanol–water partition coefficient (Wildman–Crippen LogP) is 5.42. The monoisotopic (exact) mass is 386 g/mol. The van der Waals surface area contributed by atoms with E-state index in [0.29, 0.717) is 27.5 Å². The molecule has 0 aliphatic heterocycles.